The summed E-state index contributed by atoms with van der Waals surface area (Å²) in [5.74, 6) is 14.0. The number of ether oxygens (including phenoxy) is 5. The molecule has 9 aromatic carbocycles. The Balaban J connectivity index is 0.000000159. The first kappa shape index (κ1) is 98.1. The lowest BCUT2D eigenvalue weighted by Gasteiger charge is -2.26. The van der Waals surface area contributed by atoms with E-state index in [0.717, 1.165) is 166 Å². The predicted molar refractivity (Wildman–Crippen MR) is 529 cm³/mol. The fourth-order valence-electron chi connectivity index (χ4n) is 16.5. The lowest BCUT2D eigenvalue weighted by Crippen LogP contribution is -2.27. The Bertz CT molecular complexity index is 6750. The lowest BCUT2D eigenvalue weighted by atomic mass is 9.89. The first-order chi connectivity index (χ1) is 62.7. The number of aromatic nitrogens is 7. The third-order valence-electron chi connectivity index (χ3n) is 22.7. The van der Waals surface area contributed by atoms with Gasteiger partial charge in [-0.1, -0.05) is 77.6 Å². The number of hydrogen-bond donors (Lipinski definition) is 2. The van der Waals surface area contributed by atoms with Crippen LogP contribution in [0.3, 0.4) is 0 Å². The van der Waals surface area contributed by atoms with Gasteiger partial charge in [0.15, 0.2) is 0 Å². The van der Waals surface area contributed by atoms with Crippen LogP contribution >= 0.6 is 46.6 Å². The Hall–Kier alpha value is -12.0. The van der Waals surface area contributed by atoms with E-state index in [0.29, 0.717) is 63.5 Å². The van der Waals surface area contributed by atoms with E-state index >= 15 is 0 Å². The molecule has 671 valence electrons. The number of hydrogen-bond acceptors (Lipinski definition) is 17. The first-order valence-corrected chi connectivity index (χ1v) is 44.6. The van der Waals surface area contributed by atoms with Crippen molar-refractivity contribution >= 4 is 167 Å². The number of esters is 2. The number of carbonyl (C=O) groups is 5. The monoisotopic (exact) mass is 2030 g/mol. The maximum absolute atomic E-state index is 14.1. The van der Waals surface area contributed by atoms with Crippen LogP contribution in [0, 0.1) is 67.4 Å². The molecular weight excluding hydrogens is 1930 g/mol. The van der Waals surface area contributed by atoms with Crippen molar-refractivity contribution in [2.45, 2.75) is 118 Å². The van der Waals surface area contributed by atoms with Crippen LogP contribution in [-0.4, -0.2) is 141 Å². The summed E-state index contributed by atoms with van der Waals surface area (Å²) in [6, 6.07) is 53.1. The molecule has 21 nitrogen and oxygen atoms in total. The smallest absolute Gasteiger partial charge is 0.537 e. The number of carbonyl (C=O) groups excluding carboxylic acids is 4. The highest BCUT2D eigenvalue weighted by Crippen LogP contribution is 2.48. The summed E-state index contributed by atoms with van der Waals surface area (Å²) < 4.78 is 83.5. The van der Waals surface area contributed by atoms with Gasteiger partial charge in [-0.05, 0) is 279 Å². The van der Waals surface area contributed by atoms with Crippen LogP contribution in [0.4, 0.5) is 13.2 Å². The summed E-state index contributed by atoms with van der Waals surface area (Å²) in [4.78, 5) is 65.4. The van der Waals surface area contributed by atoms with E-state index in [1.807, 2.05) is 102 Å². The second kappa shape index (κ2) is 44.3. The fourth-order valence-corrected chi connectivity index (χ4v) is 17.6. The zero-order chi connectivity index (χ0) is 92.7. The third-order valence-corrected chi connectivity index (χ3v) is 23.9. The SMILES string of the molecule is CC#CC#CC#CC.CC(C)(C)C(=O)n1ncc2cc3c(cc21)c(I)c(C1CCOCC1)n3-c1ccc(F)cc1.COC(=O)c1ccc(-c2c(C3CCOCC3)n(-c3ccc(F)cc3)c3cc4cnn(C(=O)C(C)(C)C)c4cc23)cc1.COC(=O)c1ccc(O[B]O)cc1.I.O=C(O)c1ccc(-c2c(C3CCOCC3)n(-c3ccc(F)cc3)c3cc4c(cc23)CN=C4)cc1.S=S. The molecule has 3 fully saturated rings. The van der Waals surface area contributed by atoms with Gasteiger partial charge in [-0.3, -0.25) is 14.6 Å². The van der Waals surface area contributed by atoms with E-state index in [9.17, 15) is 42.3 Å². The van der Waals surface area contributed by atoms with Crippen molar-refractivity contribution in [2.75, 3.05) is 53.9 Å². The molecule has 2 N–H and O–H groups in total. The molecule has 9 heterocycles. The molecule has 14 aromatic rings. The fraction of sp³-hybridized carbons (Fsp3) is 0.275. The second-order valence-corrected chi connectivity index (χ2v) is 34.2. The van der Waals surface area contributed by atoms with E-state index in [-0.39, 0.29) is 70.6 Å². The van der Waals surface area contributed by atoms with Crippen LogP contribution in [0.25, 0.3) is 93.8 Å². The van der Waals surface area contributed by atoms with Gasteiger partial charge in [-0.2, -0.15) is 19.6 Å². The van der Waals surface area contributed by atoms with Crippen molar-refractivity contribution in [3.05, 3.63) is 260 Å². The predicted octanol–water partition coefficient (Wildman–Crippen LogP) is 21.4. The van der Waals surface area contributed by atoms with E-state index in [2.05, 4.69) is 149 Å². The molecule has 5 aromatic heterocycles. The van der Waals surface area contributed by atoms with Crippen LogP contribution in [0.5, 0.6) is 5.75 Å². The molecule has 0 bridgehead atoms. The van der Waals surface area contributed by atoms with Crippen molar-refractivity contribution in [1.29, 1.82) is 0 Å². The standard InChI is InChI=1S/C33H32FN3O4.C28H23FN2O3.C25H25FIN3O2.C8H8BO4.C8H6.HI.S2/c1-33(2,3)32(39)37-27-18-26-28(17-23(27)19-35-37)36(25-11-9-24(34)10-12-25)30(21-13-15-41-16-14-21)29(26)20-5-7-22(8-6-20)31(38)40-4;29-22-5-7-23(8-6-22)31-25-14-21-16-30-15-20(21)13-24(25)26(27(31)18-9-11-34-12-10-18)17-1-3-19(4-2-17)28(32)33;1-25(2,3)24(31)30-20-13-19-21(12-16(20)14-28-30)29(18-6-4-17(26)5-7-18)23(22(19)27)15-8-10-32-11-9-15;1-12-8(10)6-2-4-7(5-3-6)13-9-11;1-3-5-7-8-6-4-2;;1-2/h5-12,17-19,21H,13-16H2,1-4H3;1-8,13-14,16,18H,9-12,15H2,(H,32,33);4-7,12-15H,8-11H2,1-3H3;2-5,11H,1H3;1-2H3;1H;. The van der Waals surface area contributed by atoms with E-state index in [4.69, 9.17) is 24.0 Å². The quantitative estimate of drug-likeness (QED) is 0.0471. The highest BCUT2D eigenvalue weighted by atomic mass is 127. The molecule has 4 aliphatic rings. The number of fused-ring (bicyclic) bond motifs is 6. The van der Waals surface area contributed by atoms with Crippen molar-refractivity contribution < 1.29 is 75.6 Å². The molecule has 29 heteroatoms. The summed E-state index contributed by atoms with van der Waals surface area (Å²) in [5.41, 5.74) is 17.0. The zero-order valence-electron chi connectivity index (χ0n) is 73.8. The Kier molecular flexibility index (Phi) is 33.2. The summed E-state index contributed by atoms with van der Waals surface area (Å²) in [6.07, 6.45) is 10.7. The molecule has 4 aliphatic heterocycles. The minimum absolute atomic E-state index is 0. The van der Waals surface area contributed by atoms with Crippen molar-refractivity contribution in [3.63, 3.8) is 0 Å². The normalized spacial score (nSPS) is 13.6. The van der Waals surface area contributed by atoms with Gasteiger partial charge in [0.2, 0.25) is 0 Å². The maximum atomic E-state index is 14.1. The summed E-state index contributed by atoms with van der Waals surface area (Å²) in [5, 5.41) is 31.4. The van der Waals surface area contributed by atoms with Crippen molar-refractivity contribution in [2.24, 2.45) is 15.8 Å². The van der Waals surface area contributed by atoms with Crippen molar-refractivity contribution in [1.82, 2.24) is 33.3 Å². The van der Waals surface area contributed by atoms with Crippen LogP contribution < -0.4 is 4.65 Å². The number of carboxylic acid groups (broad SMARTS) is 1. The van der Waals surface area contributed by atoms with E-state index in [1.54, 1.807) is 86.9 Å². The summed E-state index contributed by atoms with van der Waals surface area (Å²) >= 11 is 9.75. The zero-order valence-corrected chi connectivity index (χ0v) is 79.9. The second-order valence-electron chi connectivity index (χ2n) is 33.1. The maximum Gasteiger partial charge on any atom is 0.569 e. The average Bonchev–Trinajstić information content (AvgIpc) is 1.58. The molecule has 0 spiro atoms. The first-order valence-electron chi connectivity index (χ1n) is 42.1. The molecule has 18 rings (SSSR count). The largest absolute Gasteiger partial charge is 0.569 e. The van der Waals surface area contributed by atoms with Crippen LogP contribution in [0.1, 0.15) is 181 Å². The third kappa shape index (κ3) is 22.1. The number of halogens is 5. The summed E-state index contributed by atoms with van der Waals surface area (Å²) in [6.45, 7) is 19.6. The molecule has 0 atom stereocenters. The van der Waals surface area contributed by atoms with E-state index in [1.165, 1.54) is 71.2 Å². The molecule has 0 amide bonds. The highest BCUT2D eigenvalue weighted by Gasteiger charge is 2.35. The minimum Gasteiger partial charge on any atom is -0.537 e. The van der Waals surface area contributed by atoms with Gasteiger partial charge in [0.05, 0.1) is 77.4 Å². The minimum atomic E-state index is -0.945. The number of aromatic carboxylic acids is 1. The Morgan fingerprint density at radius 3 is 1.22 bits per heavy atom. The van der Waals surface area contributed by atoms with Gasteiger partial charge in [-0.25, -0.2) is 27.6 Å². The molecule has 0 unspecified atom stereocenters. The number of aliphatic imine (C=N–C) groups is 1. The lowest BCUT2D eigenvalue weighted by molar-refractivity contribution is 0.0592. The number of rotatable bonds is 13. The molecule has 0 saturated carbocycles. The van der Waals surface area contributed by atoms with Crippen LogP contribution in [0.15, 0.2) is 199 Å². The highest BCUT2D eigenvalue weighted by molar-refractivity contribution is 14.1. The molecule has 0 aliphatic carbocycles. The number of nitrogens with zero attached hydrogens (tertiary/aromatic N) is 8. The van der Waals surface area contributed by atoms with E-state index < -0.39 is 28.7 Å². The van der Waals surface area contributed by atoms with Gasteiger partial charge in [-0.15, -0.1) is 24.0 Å². The Labute approximate surface area is 798 Å². The summed E-state index contributed by atoms with van der Waals surface area (Å²) in [7, 11) is 3.25. The van der Waals surface area contributed by atoms with Gasteiger partial charge < -0.3 is 52.2 Å². The Morgan fingerprint density at radius 1 is 0.481 bits per heavy atom. The number of carboxylic acids is 1. The molecule has 131 heavy (non-hydrogen) atoms. The molecule has 1 radical (unpaired) electrons. The van der Waals surface area contributed by atoms with Gasteiger partial charge in [0.25, 0.3) is 11.8 Å². The van der Waals surface area contributed by atoms with Gasteiger partial charge >= 0.3 is 25.6 Å². The molecule has 3 saturated heterocycles. The average molecular weight is 2030 g/mol. The Morgan fingerprint density at radius 2 is 0.840 bits per heavy atom. The topological polar surface area (TPSA) is 244 Å². The van der Waals surface area contributed by atoms with Crippen LogP contribution in [0.2, 0.25) is 0 Å². The van der Waals surface area contributed by atoms with Gasteiger partial charge in [0, 0.05) is 173 Å². The van der Waals surface area contributed by atoms with Gasteiger partial charge in [0.1, 0.15) is 23.2 Å². The molecular formula is C102H95BF3I2N8O13S2. The number of methoxy groups -OCH3 is 2. The van der Waals surface area contributed by atoms with Crippen molar-refractivity contribution in [3.8, 4) is 80.6 Å². The number of benzene rings is 9. The van der Waals surface area contributed by atoms with Crippen LogP contribution in [-0.2, 0) is 52.6 Å².